The third-order valence-corrected chi connectivity index (χ3v) is 2.96. The highest BCUT2D eigenvalue weighted by Crippen LogP contribution is 2.26. The molecule has 0 N–H and O–H groups in total. The first-order chi connectivity index (χ1) is 7.81. The SMILES string of the molecule is [C-]#[N+]C(c1ccccc1)c1ccc(Br)cc1. The Morgan fingerprint density at radius 3 is 2.00 bits per heavy atom. The number of nitrogens with zero attached hydrogens (tertiary/aromatic N) is 1. The van der Waals surface area contributed by atoms with Crippen LogP contribution in [0.15, 0.2) is 59.1 Å². The molecule has 0 aliphatic heterocycles. The van der Waals surface area contributed by atoms with Crippen molar-refractivity contribution >= 4 is 15.9 Å². The minimum atomic E-state index is -0.200. The van der Waals surface area contributed by atoms with Crippen LogP contribution in [0.4, 0.5) is 0 Å². The highest BCUT2D eigenvalue weighted by atomic mass is 79.9. The van der Waals surface area contributed by atoms with Crippen LogP contribution in [0.2, 0.25) is 0 Å². The first-order valence-electron chi connectivity index (χ1n) is 4.98. The summed E-state index contributed by atoms with van der Waals surface area (Å²) in [6, 6.07) is 17.6. The Morgan fingerprint density at radius 2 is 1.44 bits per heavy atom. The van der Waals surface area contributed by atoms with Crippen molar-refractivity contribution in [2.45, 2.75) is 6.04 Å². The molecule has 2 heteroatoms. The van der Waals surface area contributed by atoms with Crippen molar-refractivity contribution in [1.82, 2.24) is 0 Å². The zero-order valence-corrected chi connectivity index (χ0v) is 10.2. The molecular formula is C14H10BrN. The summed E-state index contributed by atoms with van der Waals surface area (Å²) in [6.07, 6.45) is 0. The van der Waals surface area contributed by atoms with Gasteiger partial charge in [-0.1, -0.05) is 46.3 Å². The van der Waals surface area contributed by atoms with Crippen LogP contribution in [0, 0.1) is 6.57 Å². The number of hydrogen-bond donors (Lipinski definition) is 0. The van der Waals surface area contributed by atoms with Crippen LogP contribution in [-0.4, -0.2) is 0 Å². The van der Waals surface area contributed by atoms with E-state index in [-0.39, 0.29) is 6.04 Å². The van der Waals surface area contributed by atoms with Crippen LogP contribution in [0.5, 0.6) is 0 Å². The molecule has 0 saturated carbocycles. The number of hydrogen-bond acceptors (Lipinski definition) is 0. The van der Waals surface area contributed by atoms with Gasteiger partial charge in [-0.2, -0.15) is 0 Å². The Bertz CT molecular complexity index is 497. The summed E-state index contributed by atoms with van der Waals surface area (Å²) in [4.78, 5) is 3.69. The second-order valence-electron chi connectivity index (χ2n) is 3.49. The highest BCUT2D eigenvalue weighted by molar-refractivity contribution is 9.10. The van der Waals surface area contributed by atoms with E-state index in [0.717, 1.165) is 15.6 Å². The monoisotopic (exact) mass is 271 g/mol. The lowest BCUT2D eigenvalue weighted by atomic mass is 10.00. The minimum absolute atomic E-state index is 0.200. The smallest absolute Gasteiger partial charge is 0.273 e. The van der Waals surface area contributed by atoms with Gasteiger partial charge in [-0.25, -0.2) is 6.57 Å². The molecule has 2 aromatic carbocycles. The fourth-order valence-electron chi connectivity index (χ4n) is 1.62. The number of rotatable bonds is 2. The number of halogens is 1. The molecule has 1 unspecified atom stereocenters. The van der Waals surface area contributed by atoms with Crippen molar-refractivity contribution in [3.8, 4) is 0 Å². The Labute approximate surface area is 104 Å². The van der Waals surface area contributed by atoms with Gasteiger partial charge >= 0.3 is 0 Å². The van der Waals surface area contributed by atoms with E-state index in [2.05, 4.69) is 20.8 Å². The van der Waals surface area contributed by atoms with Gasteiger partial charge in [0.2, 0.25) is 0 Å². The molecule has 0 radical (unpaired) electrons. The summed E-state index contributed by atoms with van der Waals surface area (Å²) in [5.41, 5.74) is 2.07. The maximum atomic E-state index is 7.30. The molecule has 16 heavy (non-hydrogen) atoms. The average molecular weight is 272 g/mol. The van der Waals surface area contributed by atoms with Crippen molar-refractivity contribution in [3.63, 3.8) is 0 Å². The zero-order chi connectivity index (χ0) is 11.4. The lowest BCUT2D eigenvalue weighted by Gasteiger charge is -2.05. The number of benzene rings is 2. The van der Waals surface area contributed by atoms with Gasteiger partial charge in [-0.15, -0.1) is 0 Å². The molecule has 1 atom stereocenters. The lowest BCUT2D eigenvalue weighted by molar-refractivity contribution is 1.02. The molecule has 0 amide bonds. The molecule has 78 valence electrons. The molecule has 0 bridgehead atoms. The molecule has 0 heterocycles. The molecule has 2 rings (SSSR count). The van der Waals surface area contributed by atoms with E-state index in [1.165, 1.54) is 0 Å². The van der Waals surface area contributed by atoms with E-state index in [9.17, 15) is 0 Å². The molecule has 0 aliphatic rings. The molecule has 0 saturated heterocycles. The van der Waals surface area contributed by atoms with E-state index >= 15 is 0 Å². The van der Waals surface area contributed by atoms with E-state index < -0.39 is 0 Å². The van der Waals surface area contributed by atoms with E-state index in [1.54, 1.807) is 0 Å². The predicted octanol–water partition coefficient (Wildman–Crippen LogP) is 4.46. The minimum Gasteiger partial charge on any atom is -0.303 e. The van der Waals surface area contributed by atoms with Gasteiger partial charge in [0.15, 0.2) is 0 Å². The van der Waals surface area contributed by atoms with Crippen molar-refractivity contribution in [2.75, 3.05) is 0 Å². The standard InChI is InChI=1S/C14H10BrN/c1-16-14(11-5-3-2-4-6-11)12-7-9-13(15)10-8-12/h2-10,14H. The van der Waals surface area contributed by atoms with Crippen LogP contribution in [0.25, 0.3) is 4.85 Å². The van der Waals surface area contributed by atoms with Crippen LogP contribution < -0.4 is 0 Å². The maximum absolute atomic E-state index is 7.30. The highest BCUT2D eigenvalue weighted by Gasteiger charge is 2.17. The Hall–Kier alpha value is -1.59. The molecule has 1 nitrogen and oxygen atoms in total. The molecule has 0 spiro atoms. The van der Waals surface area contributed by atoms with Crippen LogP contribution in [0.3, 0.4) is 0 Å². The molecule has 2 aromatic rings. The topological polar surface area (TPSA) is 4.36 Å². The van der Waals surface area contributed by atoms with Gasteiger partial charge in [-0.05, 0) is 24.3 Å². The normalized spacial score (nSPS) is 11.8. The fourth-order valence-corrected chi connectivity index (χ4v) is 1.89. The molecular weight excluding hydrogens is 262 g/mol. The molecule has 0 aromatic heterocycles. The van der Waals surface area contributed by atoms with E-state index in [0.29, 0.717) is 0 Å². The summed E-state index contributed by atoms with van der Waals surface area (Å²) in [5.74, 6) is 0. The first kappa shape index (κ1) is 10.9. The zero-order valence-electron chi connectivity index (χ0n) is 8.60. The second-order valence-corrected chi connectivity index (χ2v) is 4.41. The molecule has 0 aliphatic carbocycles. The average Bonchev–Trinajstić information content (AvgIpc) is 2.34. The van der Waals surface area contributed by atoms with Gasteiger partial charge in [0.05, 0.1) is 0 Å². The van der Waals surface area contributed by atoms with E-state index in [4.69, 9.17) is 6.57 Å². The molecule has 0 fully saturated rings. The van der Waals surface area contributed by atoms with Crippen molar-refractivity contribution < 1.29 is 0 Å². The van der Waals surface area contributed by atoms with Crippen molar-refractivity contribution in [3.05, 3.63) is 81.6 Å². The van der Waals surface area contributed by atoms with Crippen molar-refractivity contribution in [2.24, 2.45) is 0 Å². The van der Waals surface area contributed by atoms with E-state index in [1.807, 2.05) is 54.6 Å². The summed E-state index contributed by atoms with van der Waals surface area (Å²) >= 11 is 3.40. The van der Waals surface area contributed by atoms with Gasteiger partial charge in [0.1, 0.15) is 0 Å². The fraction of sp³-hybridized carbons (Fsp3) is 0.0714. The summed E-state index contributed by atoms with van der Waals surface area (Å²) in [7, 11) is 0. The second kappa shape index (κ2) is 4.96. The van der Waals surface area contributed by atoms with Gasteiger partial charge in [-0.3, -0.25) is 0 Å². The van der Waals surface area contributed by atoms with Gasteiger partial charge < -0.3 is 4.85 Å². The summed E-state index contributed by atoms with van der Waals surface area (Å²) in [5, 5.41) is 0. The van der Waals surface area contributed by atoms with Gasteiger partial charge in [0, 0.05) is 15.6 Å². The predicted molar refractivity (Wildman–Crippen MR) is 69.0 cm³/mol. The largest absolute Gasteiger partial charge is 0.303 e. The Morgan fingerprint density at radius 1 is 0.875 bits per heavy atom. The Balaban J connectivity index is 2.38. The van der Waals surface area contributed by atoms with Crippen LogP contribution >= 0.6 is 15.9 Å². The third-order valence-electron chi connectivity index (χ3n) is 2.43. The summed E-state index contributed by atoms with van der Waals surface area (Å²) in [6.45, 7) is 7.30. The third kappa shape index (κ3) is 2.32. The first-order valence-corrected chi connectivity index (χ1v) is 5.77. The van der Waals surface area contributed by atoms with Gasteiger partial charge in [0.25, 0.3) is 6.04 Å². The lowest BCUT2D eigenvalue weighted by Crippen LogP contribution is -1.94. The van der Waals surface area contributed by atoms with Crippen LogP contribution in [-0.2, 0) is 0 Å². The van der Waals surface area contributed by atoms with Crippen molar-refractivity contribution in [1.29, 1.82) is 0 Å². The Kier molecular flexibility index (Phi) is 3.38. The van der Waals surface area contributed by atoms with Crippen LogP contribution in [0.1, 0.15) is 17.2 Å². The maximum Gasteiger partial charge on any atom is 0.273 e. The quantitative estimate of drug-likeness (QED) is 0.711. The summed E-state index contributed by atoms with van der Waals surface area (Å²) < 4.78 is 1.04.